The normalized spacial score (nSPS) is 12.1. The zero-order valence-corrected chi connectivity index (χ0v) is 9.40. The summed E-state index contributed by atoms with van der Waals surface area (Å²) in [5, 5.41) is 49.2. The third-order valence-electron chi connectivity index (χ3n) is 0.805. The van der Waals surface area contributed by atoms with Crippen LogP contribution in [-0.4, -0.2) is 88.5 Å². The van der Waals surface area contributed by atoms with E-state index in [0.717, 1.165) is 0 Å². The quantitative estimate of drug-likeness (QED) is 0.357. The van der Waals surface area contributed by atoms with E-state index in [0.29, 0.717) is 0 Å². The van der Waals surface area contributed by atoms with Crippen LogP contribution in [0.5, 0.6) is 0 Å². The molecule has 10 heteroatoms. The maximum atomic E-state index is 9.77. The molecule has 82 valence electrons. The van der Waals surface area contributed by atoms with Gasteiger partial charge in [0.2, 0.25) is 0 Å². The molecule has 0 aromatic carbocycles. The summed E-state index contributed by atoms with van der Waals surface area (Å²) in [6.07, 6.45) is -6.87. The number of aliphatic hydroxyl groups excluding tert-OH is 2. The Morgan fingerprint density at radius 3 is 1.07 bits per heavy atom. The minimum Gasteiger partial charge on any atom is -0.652 e. The summed E-state index contributed by atoms with van der Waals surface area (Å²) in [6, 6.07) is 0. The monoisotopic (exact) mass is 250 g/mol. The van der Waals surface area contributed by atoms with Gasteiger partial charge < -0.3 is 35.4 Å². The van der Waals surface area contributed by atoms with Crippen LogP contribution in [-0.2, 0) is 9.59 Å². The third-order valence-corrected chi connectivity index (χ3v) is 0.805. The molecule has 15 heavy (non-hydrogen) atoms. The van der Waals surface area contributed by atoms with Crippen LogP contribution in [0.4, 0.5) is 4.79 Å². The molecule has 0 fully saturated rings. The van der Waals surface area contributed by atoms with E-state index in [2.05, 4.69) is 0 Å². The number of carbonyl (C=O) groups excluding carboxylic acids is 1. The molecular formula is C5H6CaO9. The molecule has 0 bridgehead atoms. The molecule has 9 nitrogen and oxygen atoms in total. The molecule has 4 N–H and O–H groups in total. The van der Waals surface area contributed by atoms with Crippen molar-refractivity contribution in [1.29, 1.82) is 0 Å². The zero-order valence-electron chi connectivity index (χ0n) is 7.19. The second-order valence-electron chi connectivity index (χ2n) is 1.82. The Morgan fingerprint density at radius 2 is 1.00 bits per heavy atom. The first-order valence-electron chi connectivity index (χ1n) is 2.89. The molecule has 0 amide bonds. The number of aliphatic carboxylic acids is 2. The summed E-state index contributed by atoms with van der Waals surface area (Å²) in [4.78, 5) is 27.9. The fraction of sp³-hybridized carbons (Fsp3) is 0.400. The maximum Gasteiger partial charge on any atom is 2.00 e. The molecule has 0 heterocycles. The number of aliphatic hydroxyl groups is 2. The first kappa shape index (κ1) is 19.9. The van der Waals surface area contributed by atoms with Crippen LogP contribution < -0.4 is 10.2 Å². The van der Waals surface area contributed by atoms with E-state index < -0.39 is 30.3 Å². The van der Waals surface area contributed by atoms with Gasteiger partial charge in [-0.25, -0.2) is 9.59 Å². The standard InChI is InChI=1S/C4H6O6.CH2O3.Ca/c5-1(3(7)8)2(6)4(9)10;2-1(3)4;/h1-2,5-6H,(H,7,8)(H,9,10);(H2,2,3,4);/q;;+2/p-2. The Labute approximate surface area is 113 Å². The van der Waals surface area contributed by atoms with Crippen molar-refractivity contribution in [3.05, 3.63) is 0 Å². The Morgan fingerprint density at radius 1 is 0.867 bits per heavy atom. The number of carbonyl (C=O) groups is 3. The fourth-order valence-electron chi connectivity index (χ4n) is 0.270. The molecule has 0 aliphatic heterocycles. The van der Waals surface area contributed by atoms with Crippen LogP contribution >= 0.6 is 0 Å². The molecule has 2 atom stereocenters. The largest absolute Gasteiger partial charge is 2.00 e. The van der Waals surface area contributed by atoms with Gasteiger partial charge in [0.05, 0.1) is 0 Å². The van der Waals surface area contributed by atoms with Crippen molar-refractivity contribution < 1.29 is 45.0 Å². The SMILES string of the molecule is O=C(O)C(O)C(O)C(=O)O.O=C([O-])[O-].[Ca+2]. The van der Waals surface area contributed by atoms with Crippen LogP contribution in [0.25, 0.3) is 0 Å². The van der Waals surface area contributed by atoms with Gasteiger partial charge >= 0.3 is 49.7 Å². The van der Waals surface area contributed by atoms with E-state index in [1.54, 1.807) is 0 Å². The molecule has 0 rings (SSSR count). The molecular weight excluding hydrogens is 244 g/mol. The van der Waals surface area contributed by atoms with Gasteiger partial charge in [-0.2, -0.15) is 0 Å². The summed E-state index contributed by atoms with van der Waals surface area (Å²) in [6.45, 7) is 0. The average Bonchev–Trinajstić information content (AvgIpc) is 2.00. The fourth-order valence-corrected chi connectivity index (χ4v) is 0.270. The topological polar surface area (TPSA) is 178 Å². The van der Waals surface area contributed by atoms with Crippen LogP contribution in [0.2, 0.25) is 0 Å². The van der Waals surface area contributed by atoms with Crippen LogP contribution in [0.15, 0.2) is 0 Å². The molecule has 0 aliphatic rings. The maximum absolute atomic E-state index is 9.77. The number of hydrogen-bond donors (Lipinski definition) is 4. The molecule has 0 saturated heterocycles. The first-order chi connectivity index (χ1) is 6.20. The molecule has 2 unspecified atom stereocenters. The van der Waals surface area contributed by atoms with Gasteiger partial charge in [0.15, 0.2) is 12.2 Å². The first-order valence-corrected chi connectivity index (χ1v) is 2.89. The minimum atomic E-state index is -2.33. The summed E-state index contributed by atoms with van der Waals surface area (Å²) in [5.74, 6) is -3.54. The molecule has 0 saturated carbocycles. The van der Waals surface area contributed by atoms with Gasteiger partial charge in [0.1, 0.15) is 0 Å². The minimum absolute atomic E-state index is 0. The number of carboxylic acids is 2. The van der Waals surface area contributed by atoms with Crippen molar-refractivity contribution in [3.63, 3.8) is 0 Å². The average molecular weight is 250 g/mol. The summed E-state index contributed by atoms with van der Waals surface area (Å²) in [5.41, 5.74) is 0. The molecule has 0 spiro atoms. The second-order valence-corrected chi connectivity index (χ2v) is 1.82. The van der Waals surface area contributed by atoms with E-state index >= 15 is 0 Å². The van der Waals surface area contributed by atoms with Gasteiger partial charge in [0, 0.05) is 0 Å². The molecule has 0 aromatic rings. The summed E-state index contributed by atoms with van der Waals surface area (Å²) >= 11 is 0. The summed E-state index contributed by atoms with van der Waals surface area (Å²) in [7, 11) is 0. The predicted molar refractivity (Wildman–Crippen MR) is 38.4 cm³/mol. The van der Waals surface area contributed by atoms with E-state index in [1.165, 1.54) is 0 Å². The Kier molecular flexibility index (Phi) is 13.2. The van der Waals surface area contributed by atoms with Crippen molar-refractivity contribution in [1.82, 2.24) is 0 Å². The Hall–Kier alpha value is -0.610. The van der Waals surface area contributed by atoms with Crippen molar-refractivity contribution in [2.75, 3.05) is 0 Å². The van der Waals surface area contributed by atoms with Crippen molar-refractivity contribution in [2.45, 2.75) is 12.2 Å². The molecule has 0 aromatic heterocycles. The summed E-state index contributed by atoms with van der Waals surface area (Å²) < 4.78 is 0. The zero-order chi connectivity index (χ0) is 11.9. The van der Waals surface area contributed by atoms with Crippen LogP contribution in [0.3, 0.4) is 0 Å². The van der Waals surface area contributed by atoms with Gasteiger partial charge in [0.25, 0.3) is 0 Å². The number of rotatable bonds is 3. The Balaban J connectivity index is -0.000000249. The van der Waals surface area contributed by atoms with E-state index in [4.69, 9.17) is 35.4 Å². The second kappa shape index (κ2) is 9.93. The molecule has 0 radical (unpaired) electrons. The smallest absolute Gasteiger partial charge is 0.652 e. The predicted octanol–water partition coefficient (Wildman–Crippen LogP) is -4.95. The van der Waals surface area contributed by atoms with Gasteiger partial charge in [-0.1, -0.05) is 0 Å². The van der Waals surface area contributed by atoms with E-state index in [9.17, 15) is 9.59 Å². The number of hydrogen-bond acceptors (Lipinski definition) is 7. The van der Waals surface area contributed by atoms with Gasteiger partial charge in [-0.15, -0.1) is 0 Å². The van der Waals surface area contributed by atoms with Crippen LogP contribution in [0.1, 0.15) is 0 Å². The van der Waals surface area contributed by atoms with Crippen molar-refractivity contribution >= 4 is 55.8 Å². The third kappa shape index (κ3) is 13.4. The number of carboxylic acid groups (broad SMARTS) is 4. The van der Waals surface area contributed by atoms with E-state index in [-0.39, 0.29) is 37.7 Å². The Bertz CT molecular complexity index is 205. The van der Waals surface area contributed by atoms with Gasteiger partial charge in [-0.05, 0) is 6.16 Å². The van der Waals surface area contributed by atoms with Gasteiger partial charge in [-0.3, -0.25) is 0 Å². The molecule has 0 aliphatic carbocycles. The van der Waals surface area contributed by atoms with Crippen molar-refractivity contribution in [2.24, 2.45) is 0 Å². The van der Waals surface area contributed by atoms with Crippen LogP contribution in [0, 0.1) is 0 Å². The van der Waals surface area contributed by atoms with E-state index in [1.807, 2.05) is 0 Å². The van der Waals surface area contributed by atoms with Crippen molar-refractivity contribution in [3.8, 4) is 0 Å².